The second-order valence-corrected chi connectivity index (χ2v) is 31.9. The van der Waals surface area contributed by atoms with Crippen LogP contribution in [-0.4, -0.2) is 134 Å². The number of thiazole rings is 1. The van der Waals surface area contributed by atoms with Gasteiger partial charge in [0.25, 0.3) is 11.8 Å². The number of primary amides is 2. The summed E-state index contributed by atoms with van der Waals surface area (Å²) in [6.07, 6.45) is 21.5. The van der Waals surface area contributed by atoms with E-state index in [1.807, 2.05) is 53.0 Å². The maximum absolute atomic E-state index is 14.4. The van der Waals surface area contributed by atoms with Crippen LogP contribution in [0.1, 0.15) is 189 Å². The zero-order chi connectivity index (χ0) is 64.8. The van der Waals surface area contributed by atoms with Crippen molar-refractivity contribution < 1.29 is 52.4 Å². The van der Waals surface area contributed by atoms with Crippen molar-refractivity contribution in [2.75, 3.05) is 13.1 Å². The molecule has 0 radical (unpaired) electrons. The Morgan fingerprint density at radius 2 is 1.03 bits per heavy atom. The molecule has 10 N–H and O–H groups in total. The zero-order valence-corrected chi connectivity index (χ0v) is 54.9. The first-order valence-electron chi connectivity index (χ1n) is 32.7. The standard InChI is InChI=1S/C33H50N6O5S.C33H49N5O6/c1-31(2,3)26(37-30(44)38-33(12-7-6-8-13-33)17-22-35-14-15-45-22)29(43)39-18-20-23(32(20,4)5)24(39)28(42)36-21(25(40)27(34)41)16-19-10-9-11-19;1-31(2,3)26(36-30(43)37-33(12-7-6-8-13-33)16-20-11-14-44-18-20)29(42)38-17-21-23(32(21,4)5)24(38)28(41)35-22(15-19-9-10-19)25(39)27(34)40/h14-15,19-21,23-24,26H,6-13,16-18H2,1-5H3,(H2,34,41)(H,36,42)(H2,37,38,44);11,14,18-19,21-24,26H,6-10,12-13,15-17H2,1-5H3,(H2,34,40)(H,35,41)(H2,36,37,43)/t20-,21?,23-,24-,26+;21-,22?,23-,24-,26+/m00/s1. The Labute approximate surface area is 528 Å². The molecular formula is C66H99N11O11S. The van der Waals surface area contributed by atoms with Gasteiger partial charge in [-0.2, -0.15) is 0 Å². The number of hydrogen-bond acceptors (Lipinski definition) is 13. The van der Waals surface area contributed by atoms with E-state index in [-0.39, 0.29) is 58.2 Å². The third-order valence-electron chi connectivity index (χ3n) is 21.6. The van der Waals surface area contributed by atoms with Crippen LogP contribution in [0.5, 0.6) is 0 Å². The van der Waals surface area contributed by atoms with Crippen LogP contribution in [0.15, 0.2) is 34.6 Å². The van der Waals surface area contributed by atoms with Gasteiger partial charge in [0, 0.05) is 42.2 Å². The summed E-state index contributed by atoms with van der Waals surface area (Å²) in [5, 5.41) is 21.0. The van der Waals surface area contributed by atoms with Crippen LogP contribution >= 0.6 is 11.3 Å². The molecule has 2 unspecified atom stereocenters. The molecule has 10 rings (SSSR count). The lowest BCUT2D eigenvalue weighted by Gasteiger charge is -2.41. The average Bonchev–Trinajstić information content (AvgIpc) is 1.54. The van der Waals surface area contributed by atoms with Crippen LogP contribution in [0.25, 0.3) is 0 Å². The second kappa shape index (κ2) is 26.1. The monoisotopic (exact) mass is 1250 g/mol. The van der Waals surface area contributed by atoms with Gasteiger partial charge >= 0.3 is 12.1 Å². The highest BCUT2D eigenvalue weighted by Gasteiger charge is 2.71. The second-order valence-electron chi connectivity index (χ2n) is 31.0. The Hall–Kier alpha value is -6.39. The minimum absolute atomic E-state index is 0.0901. The first kappa shape index (κ1) is 67.0. The number of nitrogens with two attached hydrogens (primary N) is 2. The van der Waals surface area contributed by atoms with E-state index >= 15 is 0 Å². The summed E-state index contributed by atoms with van der Waals surface area (Å²) < 4.78 is 5.28. The van der Waals surface area contributed by atoms with Gasteiger partial charge in [-0.1, -0.05) is 140 Å². The molecule has 10 amide bonds. The quantitative estimate of drug-likeness (QED) is 0.0596. The number of hydrogen-bond donors (Lipinski definition) is 8. The van der Waals surface area contributed by atoms with Gasteiger partial charge in [0.2, 0.25) is 35.2 Å². The number of Topliss-reactive ketones (excluding diaryl/α,β-unsaturated/α-hetero) is 2. The van der Waals surface area contributed by atoms with Crippen LogP contribution in [0.3, 0.4) is 0 Å². The SMILES string of the molecule is CC(C)(C)[C@H](NC(=O)NC1(Cc2ccoc2)CCCCC1)C(=O)N1C[C@H]2[C@@H]([C@H]1C(=O)NC(CC1CC1)C(=O)C(N)=O)C2(C)C.CC(C)(C)[C@H](NC(=O)NC1(Cc2nccs2)CCCCC1)C(=O)N1C[C@H]2[C@@H]([C@H]1C(=O)NC(CC1CCC1)C(=O)C(N)=O)C2(C)C. The number of fused-ring (bicyclic) bond motifs is 2. The maximum atomic E-state index is 14.4. The first-order chi connectivity index (χ1) is 41.8. The van der Waals surface area contributed by atoms with E-state index < -0.39 is 105 Å². The Bertz CT molecular complexity index is 2970. The molecule has 2 aromatic rings. The molecule has 89 heavy (non-hydrogen) atoms. The van der Waals surface area contributed by atoms with Gasteiger partial charge in [-0.15, -0.1) is 11.3 Å². The van der Waals surface area contributed by atoms with Crippen molar-refractivity contribution >= 4 is 70.4 Å². The average molecular weight is 1250 g/mol. The molecule has 0 aromatic carbocycles. The zero-order valence-electron chi connectivity index (χ0n) is 54.1. The van der Waals surface area contributed by atoms with Gasteiger partial charge in [0.15, 0.2) is 0 Å². The Kier molecular flexibility index (Phi) is 19.6. The summed E-state index contributed by atoms with van der Waals surface area (Å²) in [4.78, 5) is 140. The molecule has 0 bridgehead atoms. The minimum atomic E-state index is -1.08. The lowest BCUT2D eigenvalue weighted by molar-refractivity contribution is -0.145. The Morgan fingerprint density at radius 3 is 1.38 bits per heavy atom. The number of carbonyl (C=O) groups excluding carboxylic acids is 10. The predicted molar refractivity (Wildman–Crippen MR) is 334 cm³/mol. The van der Waals surface area contributed by atoms with E-state index in [0.717, 1.165) is 107 Å². The molecule has 2 saturated heterocycles. The van der Waals surface area contributed by atoms with Gasteiger partial charge in [-0.25, -0.2) is 14.6 Å². The van der Waals surface area contributed by atoms with E-state index in [4.69, 9.17) is 15.9 Å². The molecule has 2 aromatic heterocycles. The third kappa shape index (κ3) is 15.2. The van der Waals surface area contributed by atoms with Crippen LogP contribution in [0.4, 0.5) is 9.59 Å². The van der Waals surface area contributed by atoms with Crippen molar-refractivity contribution in [2.45, 2.75) is 239 Å². The summed E-state index contributed by atoms with van der Waals surface area (Å²) in [7, 11) is 0. The molecule has 490 valence electrons. The van der Waals surface area contributed by atoms with Crippen molar-refractivity contribution in [3.63, 3.8) is 0 Å². The van der Waals surface area contributed by atoms with E-state index in [1.54, 1.807) is 39.9 Å². The highest BCUT2D eigenvalue weighted by molar-refractivity contribution is 7.09. The molecule has 22 nitrogen and oxygen atoms in total. The predicted octanol–water partition coefficient (Wildman–Crippen LogP) is 6.38. The van der Waals surface area contributed by atoms with Gasteiger partial charge in [0.05, 0.1) is 29.6 Å². The van der Waals surface area contributed by atoms with Crippen LogP contribution < -0.4 is 43.4 Å². The van der Waals surface area contributed by atoms with E-state index in [2.05, 4.69) is 64.6 Å². The van der Waals surface area contributed by atoms with Crippen molar-refractivity contribution in [3.8, 4) is 0 Å². The van der Waals surface area contributed by atoms with Crippen LogP contribution in [-0.2, 0) is 51.2 Å². The van der Waals surface area contributed by atoms with Crippen LogP contribution in [0.2, 0.25) is 0 Å². The number of furan rings is 1. The number of carbonyl (C=O) groups is 10. The molecule has 6 saturated carbocycles. The minimum Gasteiger partial charge on any atom is -0.472 e. The first-order valence-corrected chi connectivity index (χ1v) is 33.6. The molecule has 8 fully saturated rings. The molecule has 8 aliphatic rings. The van der Waals surface area contributed by atoms with Gasteiger partial charge < -0.3 is 57.6 Å². The summed E-state index contributed by atoms with van der Waals surface area (Å²) in [6, 6.07) is -4.34. The fraction of sp³-hybridized carbons (Fsp3) is 0.742. The lowest BCUT2D eigenvalue weighted by Crippen LogP contribution is -2.63. The van der Waals surface area contributed by atoms with Crippen molar-refractivity contribution in [1.29, 1.82) is 0 Å². The fourth-order valence-electron chi connectivity index (χ4n) is 15.7. The van der Waals surface area contributed by atoms with Gasteiger partial charge in [-0.3, -0.25) is 38.4 Å². The number of nitrogens with zero attached hydrogens (tertiary/aromatic N) is 3. The van der Waals surface area contributed by atoms with E-state index in [1.165, 1.54) is 0 Å². The number of amides is 10. The number of ketones is 2. The Balaban J connectivity index is 0.000000211. The van der Waals surface area contributed by atoms with Crippen molar-refractivity contribution in [1.82, 2.24) is 46.7 Å². The van der Waals surface area contributed by atoms with E-state index in [9.17, 15) is 47.9 Å². The van der Waals surface area contributed by atoms with Crippen molar-refractivity contribution in [3.05, 3.63) is 40.7 Å². The van der Waals surface area contributed by atoms with E-state index in [0.29, 0.717) is 38.8 Å². The number of rotatable bonds is 22. The number of urea groups is 2. The summed E-state index contributed by atoms with van der Waals surface area (Å²) in [5.41, 5.74) is 9.19. The molecule has 0 spiro atoms. The number of piperidine rings is 2. The summed E-state index contributed by atoms with van der Waals surface area (Å²) in [6.45, 7) is 20.5. The molecule has 23 heteroatoms. The van der Waals surface area contributed by atoms with Gasteiger partial charge in [0.1, 0.15) is 24.2 Å². The largest absolute Gasteiger partial charge is 0.472 e. The fourth-order valence-corrected chi connectivity index (χ4v) is 16.5. The third-order valence-corrected chi connectivity index (χ3v) is 22.4. The number of nitrogens with one attached hydrogen (secondary N) is 6. The topological polar surface area (TPSA) is 327 Å². The molecule has 2 aliphatic heterocycles. The molecular weight excluding hydrogens is 1150 g/mol. The summed E-state index contributed by atoms with van der Waals surface area (Å²) >= 11 is 1.58. The highest BCUT2D eigenvalue weighted by Crippen LogP contribution is 2.66. The lowest BCUT2D eigenvalue weighted by atomic mass is 9.78. The van der Waals surface area contributed by atoms with Gasteiger partial charge in [-0.05, 0) is 114 Å². The van der Waals surface area contributed by atoms with Crippen molar-refractivity contribution in [2.24, 2.45) is 68.6 Å². The molecule has 4 heterocycles. The van der Waals surface area contributed by atoms with Crippen LogP contribution in [0, 0.1) is 57.2 Å². The molecule has 10 atom stereocenters. The normalized spacial score (nSPS) is 26.5. The maximum Gasteiger partial charge on any atom is 0.315 e. The Morgan fingerprint density at radius 1 is 0.607 bits per heavy atom. The number of likely N-dealkylation sites (tertiary alicyclic amines) is 2. The smallest absolute Gasteiger partial charge is 0.315 e. The molecule has 6 aliphatic carbocycles. The number of aromatic nitrogens is 1. The summed E-state index contributed by atoms with van der Waals surface area (Å²) in [5.74, 6) is -4.74. The highest BCUT2D eigenvalue weighted by atomic mass is 32.1.